The van der Waals surface area contributed by atoms with Gasteiger partial charge >= 0.3 is 0 Å². The quantitative estimate of drug-likeness (QED) is 0.318. The van der Waals surface area contributed by atoms with Crippen molar-refractivity contribution in [3.8, 4) is 28.4 Å². The standard InChI is InChI=1S/C28H23N5O2/c29-27(34)16-20-7-4-11-23(15-20)33-28(18-26(32-33)21-8-2-1-3-9-21)31-22-10-5-12-24(17-22)35-25-13-6-14-30-19-25/h1-15,17-19,31H,16H2,(H2,29,34). The van der Waals surface area contributed by atoms with Gasteiger partial charge in [-0.2, -0.15) is 5.10 Å². The number of ether oxygens (including phenoxy) is 1. The highest BCUT2D eigenvalue weighted by atomic mass is 16.5. The molecule has 0 bridgehead atoms. The predicted octanol–water partition coefficient (Wildman–Crippen LogP) is 5.50. The lowest BCUT2D eigenvalue weighted by atomic mass is 10.1. The Hall–Kier alpha value is -4.91. The molecule has 2 heterocycles. The van der Waals surface area contributed by atoms with Crippen molar-refractivity contribution in [1.82, 2.24) is 14.8 Å². The fourth-order valence-corrected chi connectivity index (χ4v) is 3.75. The van der Waals surface area contributed by atoms with Crippen molar-refractivity contribution in [1.29, 1.82) is 0 Å². The van der Waals surface area contributed by atoms with Crippen LogP contribution in [0.25, 0.3) is 16.9 Å². The average molecular weight is 462 g/mol. The first-order chi connectivity index (χ1) is 17.1. The highest BCUT2D eigenvalue weighted by molar-refractivity contribution is 5.77. The maximum absolute atomic E-state index is 11.4. The number of benzene rings is 3. The summed E-state index contributed by atoms with van der Waals surface area (Å²) < 4.78 is 7.75. The monoisotopic (exact) mass is 461 g/mol. The summed E-state index contributed by atoms with van der Waals surface area (Å²) in [6.07, 6.45) is 3.53. The zero-order valence-corrected chi connectivity index (χ0v) is 18.8. The van der Waals surface area contributed by atoms with E-state index in [9.17, 15) is 4.79 Å². The van der Waals surface area contributed by atoms with Crippen LogP contribution in [-0.2, 0) is 11.2 Å². The molecule has 0 aliphatic heterocycles. The van der Waals surface area contributed by atoms with Crippen LogP contribution in [0.2, 0.25) is 0 Å². The Labute approximate surface area is 202 Å². The summed E-state index contributed by atoms with van der Waals surface area (Å²) in [5, 5.41) is 8.32. The smallest absolute Gasteiger partial charge is 0.221 e. The lowest BCUT2D eigenvalue weighted by molar-refractivity contribution is -0.117. The van der Waals surface area contributed by atoms with Crippen molar-refractivity contribution in [2.24, 2.45) is 5.73 Å². The zero-order valence-electron chi connectivity index (χ0n) is 18.8. The van der Waals surface area contributed by atoms with E-state index in [0.29, 0.717) is 11.5 Å². The molecule has 0 aliphatic rings. The van der Waals surface area contributed by atoms with Crippen LogP contribution in [0, 0.1) is 0 Å². The van der Waals surface area contributed by atoms with Crippen molar-refractivity contribution >= 4 is 17.4 Å². The van der Waals surface area contributed by atoms with Gasteiger partial charge in [0, 0.05) is 29.6 Å². The van der Waals surface area contributed by atoms with Crippen LogP contribution in [0.1, 0.15) is 5.56 Å². The third kappa shape index (κ3) is 5.36. The van der Waals surface area contributed by atoms with Crippen LogP contribution < -0.4 is 15.8 Å². The van der Waals surface area contributed by atoms with E-state index in [0.717, 1.165) is 34.0 Å². The molecular weight excluding hydrogens is 438 g/mol. The van der Waals surface area contributed by atoms with Crippen LogP contribution in [0.15, 0.2) is 109 Å². The predicted molar refractivity (Wildman–Crippen MR) is 136 cm³/mol. The van der Waals surface area contributed by atoms with Gasteiger partial charge < -0.3 is 15.8 Å². The highest BCUT2D eigenvalue weighted by Crippen LogP contribution is 2.30. The molecule has 0 unspecified atom stereocenters. The Morgan fingerprint density at radius 3 is 2.51 bits per heavy atom. The van der Waals surface area contributed by atoms with Crippen molar-refractivity contribution < 1.29 is 9.53 Å². The topological polar surface area (TPSA) is 95.1 Å². The Bertz CT molecular complexity index is 1450. The first-order valence-corrected chi connectivity index (χ1v) is 11.1. The van der Waals surface area contributed by atoms with E-state index in [1.807, 2.05) is 102 Å². The van der Waals surface area contributed by atoms with Gasteiger partial charge in [-0.05, 0) is 42.0 Å². The van der Waals surface area contributed by atoms with Gasteiger partial charge in [-0.3, -0.25) is 9.78 Å². The molecule has 0 aliphatic carbocycles. The maximum atomic E-state index is 11.4. The maximum Gasteiger partial charge on any atom is 0.221 e. The van der Waals surface area contributed by atoms with Crippen LogP contribution in [0.5, 0.6) is 11.5 Å². The minimum absolute atomic E-state index is 0.164. The molecule has 1 amide bonds. The molecule has 5 rings (SSSR count). The second-order valence-corrected chi connectivity index (χ2v) is 7.95. The molecule has 0 saturated heterocycles. The summed E-state index contributed by atoms with van der Waals surface area (Å²) in [5.74, 6) is 1.73. The second kappa shape index (κ2) is 9.93. The number of nitrogens with zero attached hydrogens (tertiary/aromatic N) is 3. The first kappa shape index (κ1) is 21.9. The van der Waals surface area contributed by atoms with Crippen molar-refractivity contribution in [2.45, 2.75) is 6.42 Å². The molecule has 35 heavy (non-hydrogen) atoms. The van der Waals surface area contributed by atoms with Gasteiger partial charge in [-0.1, -0.05) is 48.5 Å². The largest absolute Gasteiger partial charge is 0.456 e. The van der Waals surface area contributed by atoms with E-state index in [-0.39, 0.29) is 12.3 Å². The Balaban J connectivity index is 1.50. The summed E-state index contributed by atoms with van der Waals surface area (Å²) in [6, 6.07) is 30.9. The second-order valence-electron chi connectivity index (χ2n) is 7.95. The van der Waals surface area contributed by atoms with Gasteiger partial charge in [-0.25, -0.2) is 4.68 Å². The average Bonchev–Trinajstić information content (AvgIpc) is 3.29. The SMILES string of the molecule is NC(=O)Cc1cccc(-n2nc(-c3ccccc3)cc2Nc2cccc(Oc3cccnc3)c2)c1. The van der Waals surface area contributed by atoms with Crippen LogP contribution in [0.3, 0.4) is 0 Å². The Morgan fingerprint density at radius 1 is 0.886 bits per heavy atom. The number of aromatic nitrogens is 3. The van der Waals surface area contributed by atoms with Gasteiger partial charge in [0.2, 0.25) is 5.91 Å². The number of carbonyl (C=O) groups is 1. The molecular formula is C28H23N5O2. The number of nitrogens with two attached hydrogens (primary N) is 1. The van der Waals surface area contributed by atoms with E-state index in [2.05, 4.69) is 10.3 Å². The number of pyridine rings is 1. The summed E-state index contributed by atoms with van der Waals surface area (Å²) in [4.78, 5) is 15.5. The van der Waals surface area contributed by atoms with Gasteiger partial charge in [0.1, 0.15) is 17.3 Å². The minimum atomic E-state index is -0.378. The molecule has 3 N–H and O–H groups in total. The molecule has 7 heteroatoms. The molecule has 3 aromatic carbocycles. The van der Waals surface area contributed by atoms with E-state index in [1.165, 1.54) is 0 Å². The number of amides is 1. The van der Waals surface area contributed by atoms with Gasteiger partial charge in [0.15, 0.2) is 0 Å². The summed E-state index contributed by atoms with van der Waals surface area (Å²) in [7, 11) is 0. The number of primary amides is 1. The van der Waals surface area contributed by atoms with E-state index < -0.39 is 0 Å². The summed E-state index contributed by atoms with van der Waals surface area (Å²) in [5.41, 5.74) is 9.69. The molecule has 0 saturated carbocycles. The third-order valence-electron chi connectivity index (χ3n) is 5.29. The van der Waals surface area contributed by atoms with Crippen LogP contribution >= 0.6 is 0 Å². The molecule has 2 aromatic heterocycles. The number of hydrogen-bond acceptors (Lipinski definition) is 5. The summed E-state index contributed by atoms with van der Waals surface area (Å²) in [6.45, 7) is 0. The minimum Gasteiger partial charge on any atom is -0.456 e. The normalized spacial score (nSPS) is 10.6. The molecule has 172 valence electrons. The Morgan fingerprint density at radius 2 is 1.71 bits per heavy atom. The van der Waals surface area contributed by atoms with Gasteiger partial charge in [-0.15, -0.1) is 0 Å². The lowest BCUT2D eigenvalue weighted by Crippen LogP contribution is -2.13. The van der Waals surface area contributed by atoms with E-state index in [1.54, 1.807) is 12.4 Å². The van der Waals surface area contributed by atoms with E-state index in [4.69, 9.17) is 15.6 Å². The third-order valence-corrected chi connectivity index (χ3v) is 5.29. The number of rotatable bonds is 8. The van der Waals surface area contributed by atoms with Crippen molar-refractivity contribution in [2.75, 3.05) is 5.32 Å². The lowest BCUT2D eigenvalue weighted by Gasteiger charge is -2.12. The van der Waals surface area contributed by atoms with E-state index >= 15 is 0 Å². The molecule has 5 aromatic rings. The number of hydrogen-bond donors (Lipinski definition) is 2. The van der Waals surface area contributed by atoms with Crippen molar-refractivity contribution in [3.05, 3.63) is 115 Å². The molecule has 7 nitrogen and oxygen atoms in total. The Kier molecular flexibility index (Phi) is 6.21. The zero-order chi connectivity index (χ0) is 24.0. The number of carbonyl (C=O) groups excluding carboxylic acids is 1. The highest BCUT2D eigenvalue weighted by Gasteiger charge is 2.13. The fourth-order valence-electron chi connectivity index (χ4n) is 3.75. The fraction of sp³-hybridized carbons (Fsp3) is 0.0357. The molecule has 0 radical (unpaired) electrons. The number of nitrogens with one attached hydrogen (secondary N) is 1. The van der Waals surface area contributed by atoms with Crippen molar-refractivity contribution in [3.63, 3.8) is 0 Å². The van der Waals surface area contributed by atoms with Crippen LogP contribution in [0.4, 0.5) is 11.5 Å². The number of anilines is 2. The van der Waals surface area contributed by atoms with Gasteiger partial charge in [0.25, 0.3) is 0 Å². The first-order valence-electron chi connectivity index (χ1n) is 11.1. The summed E-state index contributed by atoms with van der Waals surface area (Å²) >= 11 is 0. The van der Waals surface area contributed by atoms with Crippen LogP contribution in [-0.4, -0.2) is 20.7 Å². The molecule has 0 spiro atoms. The molecule has 0 atom stereocenters. The van der Waals surface area contributed by atoms with Gasteiger partial charge in [0.05, 0.1) is 24.0 Å². The molecule has 0 fully saturated rings.